The normalized spacial score (nSPS) is 13.5. The molecule has 0 rings (SSSR count). The lowest BCUT2D eigenvalue weighted by Gasteiger charge is -2.26. The molecule has 0 aromatic rings. The van der Waals surface area contributed by atoms with Gasteiger partial charge in [-0.1, -0.05) is 103 Å². The molecule has 0 aliphatic heterocycles. The van der Waals surface area contributed by atoms with Gasteiger partial charge in [-0.25, -0.2) is 9.36 Å². The van der Waals surface area contributed by atoms with E-state index in [0.717, 1.165) is 12.8 Å². The second-order valence-electron chi connectivity index (χ2n) is 11.6. The predicted molar refractivity (Wildman–Crippen MR) is 155 cm³/mol. The lowest BCUT2D eigenvalue weighted by Crippen LogP contribution is -2.41. The van der Waals surface area contributed by atoms with Gasteiger partial charge in [0.25, 0.3) is 0 Å². The maximum Gasteiger partial charge on any atom is 0.472 e. The first kappa shape index (κ1) is 36.3. The van der Waals surface area contributed by atoms with Crippen LogP contribution in [0.5, 0.6) is 0 Å². The van der Waals surface area contributed by atoms with Gasteiger partial charge in [0.2, 0.25) is 0 Å². The molecular weight excluding hydrogens is 489 g/mol. The smallest absolute Gasteiger partial charge is 0.331 e. The van der Waals surface area contributed by atoms with Crippen molar-refractivity contribution in [2.75, 3.05) is 68.1 Å². The summed E-state index contributed by atoms with van der Waals surface area (Å²) in [5.74, 6) is 0. The highest BCUT2D eigenvalue weighted by molar-refractivity contribution is 7.47. The van der Waals surface area contributed by atoms with Crippen molar-refractivity contribution in [3.8, 4) is 0 Å². The Balaban J connectivity index is 3.90. The first-order valence-electron chi connectivity index (χ1n) is 14.9. The molecule has 0 aliphatic carbocycles. The van der Waals surface area contributed by atoms with Gasteiger partial charge in [-0.3, -0.25) is 9.05 Å². The van der Waals surface area contributed by atoms with Gasteiger partial charge < -0.3 is 19.2 Å². The average molecular weight is 551 g/mol. The fraction of sp³-hybridized carbons (Fsp3) is 0.964. The number of carbonyl (C=O) groups excluding carboxylic acids is 1. The van der Waals surface area contributed by atoms with Crippen molar-refractivity contribution in [3.05, 3.63) is 0 Å². The molecule has 9 heteroatoms. The molecule has 0 fully saturated rings. The minimum Gasteiger partial charge on any atom is -0.331 e. The zero-order chi connectivity index (χ0) is 28.0. The highest BCUT2D eigenvalue weighted by Crippen LogP contribution is 2.42. The Bertz CT molecular complexity index is 599. The number of likely N-dealkylation sites (N-methyl/N-ethyl adjacent to an activating group) is 1. The average Bonchev–Trinajstić information content (AvgIpc) is 2.81. The molecular formula is C28H61N3O5P+. The minimum atomic E-state index is -4.11. The third-order valence-electron chi connectivity index (χ3n) is 6.57. The number of nitrogens with zero attached hydrogens (tertiary/aromatic N) is 3. The summed E-state index contributed by atoms with van der Waals surface area (Å²) in [6.45, 7) is 3.86. The van der Waals surface area contributed by atoms with Crippen LogP contribution in [0.25, 0.3) is 0 Å². The van der Waals surface area contributed by atoms with E-state index in [1.165, 1.54) is 94.8 Å². The van der Waals surface area contributed by atoms with Crippen LogP contribution in [0.4, 0.5) is 4.79 Å². The van der Waals surface area contributed by atoms with E-state index in [2.05, 4.69) is 6.92 Å². The molecule has 0 bridgehead atoms. The number of amides is 2. The van der Waals surface area contributed by atoms with E-state index in [1.807, 2.05) is 21.1 Å². The topological polar surface area (TPSA) is 79.3 Å². The van der Waals surface area contributed by atoms with Gasteiger partial charge in [-0.15, -0.1) is 0 Å². The van der Waals surface area contributed by atoms with Gasteiger partial charge in [0.05, 0.1) is 27.7 Å². The van der Waals surface area contributed by atoms with E-state index in [9.17, 15) is 14.3 Å². The van der Waals surface area contributed by atoms with Crippen molar-refractivity contribution >= 4 is 13.9 Å². The Morgan fingerprint density at radius 3 is 1.51 bits per heavy atom. The summed E-state index contributed by atoms with van der Waals surface area (Å²) in [5, 5.41) is 0. The van der Waals surface area contributed by atoms with Crippen LogP contribution in [0.3, 0.4) is 0 Å². The number of carbonyl (C=O) groups is 1. The number of quaternary nitrogens is 1. The lowest BCUT2D eigenvalue weighted by molar-refractivity contribution is -0.870. The molecule has 0 radical (unpaired) electrons. The van der Waals surface area contributed by atoms with Crippen LogP contribution in [-0.4, -0.2) is 93.3 Å². The summed E-state index contributed by atoms with van der Waals surface area (Å²) in [4.78, 5) is 25.6. The summed E-state index contributed by atoms with van der Waals surface area (Å²) in [6.07, 6.45) is 21.0. The van der Waals surface area contributed by atoms with Crippen LogP contribution in [0.2, 0.25) is 0 Å². The van der Waals surface area contributed by atoms with E-state index in [0.29, 0.717) is 17.6 Å². The first-order chi connectivity index (χ1) is 17.5. The van der Waals surface area contributed by atoms with E-state index < -0.39 is 7.82 Å². The molecule has 2 amide bonds. The standard InChI is InChI=1S/C28H60N3O5P/c1-7-8-9-10-11-12-13-14-15-16-17-18-19-20-21-22-23-30(28(32)29(2)3)24-26-35-37(33,34)36-27-25-31(4,5)6/h7-27H2,1-6H3/p+1. The molecule has 1 unspecified atom stereocenters. The molecule has 37 heavy (non-hydrogen) atoms. The molecule has 0 aromatic carbocycles. The van der Waals surface area contributed by atoms with Gasteiger partial charge in [-0.05, 0) is 6.42 Å². The Hall–Kier alpha value is -0.660. The molecule has 1 atom stereocenters. The quantitative estimate of drug-likeness (QED) is 0.0747. The molecule has 0 saturated carbocycles. The van der Waals surface area contributed by atoms with Gasteiger partial charge in [-0.2, -0.15) is 0 Å². The first-order valence-corrected chi connectivity index (χ1v) is 16.4. The van der Waals surface area contributed by atoms with E-state index in [4.69, 9.17) is 9.05 Å². The van der Waals surface area contributed by atoms with E-state index in [1.54, 1.807) is 19.0 Å². The second kappa shape index (κ2) is 22.2. The van der Waals surface area contributed by atoms with Crippen LogP contribution in [0.15, 0.2) is 0 Å². The van der Waals surface area contributed by atoms with Gasteiger partial charge in [0, 0.05) is 27.2 Å². The number of rotatable bonds is 25. The molecule has 1 N–H and O–H groups in total. The lowest BCUT2D eigenvalue weighted by atomic mass is 10.0. The van der Waals surface area contributed by atoms with Crippen molar-refractivity contribution in [1.82, 2.24) is 9.80 Å². The number of hydrogen-bond acceptors (Lipinski definition) is 4. The van der Waals surface area contributed by atoms with E-state index >= 15 is 0 Å². The number of phosphoric acid groups is 1. The largest absolute Gasteiger partial charge is 0.472 e. The van der Waals surface area contributed by atoms with Crippen LogP contribution in [0.1, 0.15) is 110 Å². The molecule has 0 aliphatic rings. The molecule has 0 aromatic heterocycles. The van der Waals surface area contributed by atoms with Crippen molar-refractivity contribution in [2.24, 2.45) is 0 Å². The Morgan fingerprint density at radius 2 is 1.11 bits per heavy atom. The number of phosphoric ester groups is 1. The Kier molecular flexibility index (Phi) is 21.8. The van der Waals surface area contributed by atoms with Gasteiger partial charge in [0.1, 0.15) is 13.2 Å². The van der Waals surface area contributed by atoms with Crippen LogP contribution >= 0.6 is 7.82 Å². The summed E-state index contributed by atoms with van der Waals surface area (Å²) in [7, 11) is 5.27. The monoisotopic (exact) mass is 550 g/mol. The summed E-state index contributed by atoms with van der Waals surface area (Å²) in [5.41, 5.74) is 0. The highest BCUT2D eigenvalue weighted by Gasteiger charge is 2.24. The fourth-order valence-corrected chi connectivity index (χ4v) is 4.87. The zero-order valence-corrected chi connectivity index (χ0v) is 26.1. The second-order valence-corrected chi connectivity index (χ2v) is 13.1. The summed E-state index contributed by atoms with van der Waals surface area (Å²) >= 11 is 0. The third kappa shape index (κ3) is 24.1. The summed E-state index contributed by atoms with van der Waals surface area (Å²) < 4.78 is 22.9. The minimum absolute atomic E-state index is 0.0312. The summed E-state index contributed by atoms with van der Waals surface area (Å²) in [6, 6.07) is -0.108. The van der Waals surface area contributed by atoms with Gasteiger partial charge >= 0.3 is 13.9 Å². The van der Waals surface area contributed by atoms with Crippen molar-refractivity contribution in [3.63, 3.8) is 0 Å². The maximum absolute atomic E-state index is 12.5. The highest BCUT2D eigenvalue weighted by atomic mass is 31.2. The molecule has 0 spiro atoms. The molecule has 8 nitrogen and oxygen atoms in total. The zero-order valence-electron chi connectivity index (χ0n) is 25.2. The van der Waals surface area contributed by atoms with Crippen molar-refractivity contribution in [2.45, 2.75) is 110 Å². The predicted octanol–water partition coefficient (Wildman–Crippen LogP) is 7.07. The molecule has 0 saturated heterocycles. The van der Waals surface area contributed by atoms with Crippen molar-refractivity contribution in [1.29, 1.82) is 0 Å². The van der Waals surface area contributed by atoms with Crippen molar-refractivity contribution < 1.29 is 27.8 Å². The Morgan fingerprint density at radius 1 is 0.703 bits per heavy atom. The third-order valence-corrected chi connectivity index (χ3v) is 7.58. The van der Waals surface area contributed by atoms with Gasteiger partial charge in [0.15, 0.2) is 0 Å². The molecule has 222 valence electrons. The molecule has 0 heterocycles. The van der Waals surface area contributed by atoms with E-state index in [-0.39, 0.29) is 25.8 Å². The number of unbranched alkanes of at least 4 members (excludes halogenated alkanes) is 15. The number of urea groups is 1. The van der Waals surface area contributed by atoms with Crippen LogP contribution in [-0.2, 0) is 13.6 Å². The SMILES string of the molecule is CCCCCCCCCCCCCCCCCCN(CCOP(=O)(O)OCC[N+](C)(C)C)C(=O)N(C)C. The fourth-order valence-electron chi connectivity index (χ4n) is 4.17. The van der Waals surface area contributed by atoms with Crippen LogP contribution in [0, 0.1) is 0 Å². The van der Waals surface area contributed by atoms with Crippen LogP contribution < -0.4 is 0 Å². The number of hydrogen-bond donors (Lipinski definition) is 1. The Labute approximate surface area is 229 Å². The maximum atomic E-state index is 12.5.